The van der Waals surface area contributed by atoms with E-state index >= 15 is 0 Å². The second-order valence-electron chi connectivity index (χ2n) is 9.70. The smallest absolute Gasteiger partial charge is 0.294 e. The topological polar surface area (TPSA) is 106 Å². The minimum Gasteiger partial charge on any atom is -0.384 e. The lowest BCUT2D eigenvalue weighted by atomic mass is 9.98. The lowest BCUT2D eigenvalue weighted by Crippen LogP contribution is -2.38. The van der Waals surface area contributed by atoms with Crippen LogP contribution >= 0.6 is 24.8 Å². The van der Waals surface area contributed by atoms with Crippen molar-refractivity contribution in [2.45, 2.75) is 38.8 Å². The van der Waals surface area contributed by atoms with Crippen LogP contribution in [0.1, 0.15) is 35.0 Å². The van der Waals surface area contributed by atoms with E-state index in [0.29, 0.717) is 37.6 Å². The highest BCUT2D eigenvalue weighted by Crippen LogP contribution is 2.26. The van der Waals surface area contributed by atoms with E-state index in [9.17, 15) is 9.59 Å². The van der Waals surface area contributed by atoms with Crippen molar-refractivity contribution in [3.05, 3.63) is 106 Å². The second kappa shape index (κ2) is 13.5. The van der Waals surface area contributed by atoms with Crippen molar-refractivity contribution in [2.75, 3.05) is 24.2 Å². The van der Waals surface area contributed by atoms with E-state index in [0.717, 1.165) is 23.4 Å². The Labute approximate surface area is 246 Å². The molecule has 0 saturated heterocycles. The number of nitrogens with two attached hydrogens (primary N) is 1. The first-order chi connectivity index (χ1) is 18.4. The van der Waals surface area contributed by atoms with Crippen LogP contribution in [0.15, 0.2) is 77.7 Å². The Balaban J connectivity index is 0.00000220. The number of nitrogens with zero attached hydrogens (tertiary/aromatic N) is 4. The molecule has 0 unspecified atom stereocenters. The number of hydrogen-bond acceptors (Lipinski definition) is 6. The van der Waals surface area contributed by atoms with Gasteiger partial charge in [-0.15, -0.1) is 24.8 Å². The fourth-order valence-corrected chi connectivity index (χ4v) is 5.07. The zero-order valence-electron chi connectivity index (χ0n) is 22.5. The van der Waals surface area contributed by atoms with Crippen LogP contribution in [-0.2, 0) is 24.2 Å². The van der Waals surface area contributed by atoms with Gasteiger partial charge >= 0.3 is 0 Å². The van der Waals surface area contributed by atoms with E-state index in [1.165, 1.54) is 16.7 Å². The van der Waals surface area contributed by atoms with Crippen molar-refractivity contribution < 1.29 is 4.79 Å². The second-order valence-corrected chi connectivity index (χ2v) is 9.70. The number of nitrogen functional groups attached to an aromatic ring is 1. The predicted molar refractivity (Wildman–Crippen MR) is 164 cm³/mol. The standard InChI is InChI=1S/C30H32N6O2.2ClH/c1-20-23(12-15-27(31)34-20)18-33-29(37)26-14-13-24-19-32-28(30(38)36(24)26)35(2)17-16-22-10-6-7-11-25(22)21-8-4-3-5-9-21;;/h3-12,15,19,26H,13-14,16-18H2,1-2H3,(H2,31,34)(H,33,37);2*1H/t26-;;/m0../s1. The summed E-state index contributed by atoms with van der Waals surface area (Å²) in [7, 11) is 1.88. The van der Waals surface area contributed by atoms with Gasteiger partial charge in [0.25, 0.3) is 5.56 Å². The van der Waals surface area contributed by atoms with Crippen LogP contribution in [0.5, 0.6) is 0 Å². The van der Waals surface area contributed by atoms with Crippen LogP contribution in [0, 0.1) is 6.92 Å². The Kier molecular flexibility index (Phi) is 10.3. The molecule has 210 valence electrons. The molecule has 4 aromatic rings. The normalized spacial score (nSPS) is 13.5. The molecule has 1 atom stereocenters. The first kappa shape index (κ1) is 30.7. The quantitative estimate of drug-likeness (QED) is 0.317. The summed E-state index contributed by atoms with van der Waals surface area (Å²) in [5, 5.41) is 2.97. The molecule has 0 spiro atoms. The van der Waals surface area contributed by atoms with Gasteiger partial charge in [0.15, 0.2) is 5.82 Å². The number of pyridine rings is 1. The Hall–Kier alpha value is -3.88. The first-order valence-corrected chi connectivity index (χ1v) is 12.9. The maximum Gasteiger partial charge on any atom is 0.294 e. The maximum atomic E-state index is 13.5. The average Bonchev–Trinajstić information content (AvgIpc) is 3.37. The molecule has 0 fully saturated rings. The third-order valence-corrected chi connectivity index (χ3v) is 7.19. The van der Waals surface area contributed by atoms with Gasteiger partial charge in [0.05, 0.1) is 0 Å². The molecule has 2 aromatic carbocycles. The molecule has 0 aliphatic carbocycles. The molecule has 1 amide bonds. The lowest BCUT2D eigenvalue weighted by molar-refractivity contribution is -0.124. The zero-order chi connectivity index (χ0) is 26.6. The number of benzene rings is 2. The number of rotatable bonds is 8. The van der Waals surface area contributed by atoms with Crippen molar-refractivity contribution in [1.29, 1.82) is 0 Å². The number of aromatic nitrogens is 3. The van der Waals surface area contributed by atoms with Crippen LogP contribution in [-0.4, -0.2) is 34.0 Å². The molecule has 8 nitrogen and oxygen atoms in total. The van der Waals surface area contributed by atoms with Crippen LogP contribution in [0.4, 0.5) is 11.6 Å². The van der Waals surface area contributed by atoms with Crippen LogP contribution in [0.2, 0.25) is 0 Å². The van der Waals surface area contributed by atoms with Gasteiger partial charge in [0.2, 0.25) is 5.91 Å². The number of nitrogens with one attached hydrogen (secondary N) is 1. The summed E-state index contributed by atoms with van der Waals surface area (Å²) in [5.74, 6) is 0.615. The third-order valence-electron chi connectivity index (χ3n) is 7.19. The highest BCUT2D eigenvalue weighted by Gasteiger charge is 2.31. The van der Waals surface area contributed by atoms with E-state index in [2.05, 4.69) is 39.6 Å². The van der Waals surface area contributed by atoms with Gasteiger partial charge in [0, 0.05) is 37.7 Å². The van der Waals surface area contributed by atoms with Crippen LogP contribution in [0.3, 0.4) is 0 Å². The summed E-state index contributed by atoms with van der Waals surface area (Å²) in [6.07, 6.45) is 3.69. The van der Waals surface area contributed by atoms with E-state index < -0.39 is 6.04 Å². The number of fused-ring (bicyclic) bond motifs is 1. The van der Waals surface area contributed by atoms with Gasteiger partial charge in [0.1, 0.15) is 11.9 Å². The van der Waals surface area contributed by atoms with Crippen molar-refractivity contribution in [3.8, 4) is 11.1 Å². The Bertz CT molecular complexity index is 1530. The number of aryl methyl sites for hydroxylation is 2. The first-order valence-electron chi connectivity index (χ1n) is 12.9. The molecular weight excluding hydrogens is 547 g/mol. The molecular formula is C30H34Cl2N6O2. The number of carbonyl (C=O) groups is 1. The number of halogens is 2. The number of likely N-dealkylation sites (N-methyl/N-ethyl adjacent to an activating group) is 1. The summed E-state index contributed by atoms with van der Waals surface area (Å²) < 4.78 is 1.61. The summed E-state index contributed by atoms with van der Waals surface area (Å²) in [5.41, 5.74) is 11.5. The molecule has 0 radical (unpaired) electrons. The maximum absolute atomic E-state index is 13.5. The summed E-state index contributed by atoms with van der Waals surface area (Å²) in [6, 6.07) is 21.6. The van der Waals surface area contributed by atoms with Crippen molar-refractivity contribution in [2.24, 2.45) is 0 Å². The molecule has 5 rings (SSSR count). The minimum atomic E-state index is -0.562. The minimum absolute atomic E-state index is 0. The highest BCUT2D eigenvalue weighted by atomic mass is 35.5. The van der Waals surface area contributed by atoms with E-state index in [1.54, 1.807) is 16.8 Å². The molecule has 1 aliphatic heterocycles. The van der Waals surface area contributed by atoms with Crippen molar-refractivity contribution in [1.82, 2.24) is 19.9 Å². The molecule has 0 saturated carbocycles. The van der Waals surface area contributed by atoms with Crippen molar-refractivity contribution in [3.63, 3.8) is 0 Å². The summed E-state index contributed by atoms with van der Waals surface area (Å²) >= 11 is 0. The van der Waals surface area contributed by atoms with Gasteiger partial charge < -0.3 is 16.0 Å². The highest BCUT2D eigenvalue weighted by molar-refractivity contribution is 5.85. The molecule has 1 aliphatic rings. The molecule has 2 aromatic heterocycles. The van der Waals surface area contributed by atoms with Gasteiger partial charge in [-0.2, -0.15) is 0 Å². The molecule has 3 heterocycles. The molecule has 3 N–H and O–H groups in total. The fourth-order valence-electron chi connectivity index (χ4n) is 5.07. The average molecular weight is 582 g/mol. The van der Waals surface area contributed by atoms with Crippen LogP contribution < -0.4 is 21.5 Å². The van der Waals surface area contributed by atoms with Gasteiger partial charge in [-0.05, 0) is 54.5 Å². The SMILES string of the molecule is Cc1nc(N)ccc1CNC(=O)[C@@H]1CCc2cnc(N(C)CCc3ccccc3-c3ccccc3)c(=O)n21.Cl.Cl. The van der Waals surface area contributed by atoms with Crippen LogP contribution in [0.25, 0.3) is 11.1 Å². The molecule has 0 bridgehead atoms. The number of anilines is 2. The summed E-state index contributed by atoms with van der Waals surface area (Å²) in [4.78, 5) is 37.3. The van der Waals surface area contributed by atoms with E-state index in [4.69, 9.17) is 5.73 Å². The largest absolute Gasteiger partial charge is 0.384 e. The van der Waals surface area contributed by atoms with E-state index in [1.807, 2.05) is 55.3 Å². The Morgan fingerprint density at radius 2 is 1.77 bits per heavy atom. The summed E-state index contributed by atoms with van der Waals surface area (Å²) in [6.45, 7) is 2.81. The number of amides is 1. The lowest BCUT2D eigenvalue weighted by Gasteiger charge is -2.21. The molecule has 10 heteroatoms. The Morgan fingerprint density at radius 1 is 1.05 bits per heavy atom. The van der Waals surface area contributed by atoms with E-state index in [-0.39, 0.29) is 36.3 Å². The van der Waals surface area contributed by atoms with Crippen molar-refractivity contribution >= 4 is 42.4 Å². The van der Waals surface area contributed by atoms with Gasteiger partial charge in [-0.25, -0.2) is 9.97 Å². The van der Waals surface area contributed by atoms with Gasteiger partial charge in [-0.1, -0.05) is 60.7 Å². The predicted octanol–water partition coefficient (Wildman–Crippen LogP) is 4.52. The number of carbonyl (C=O) groups excluding carboxylic acids is 1. The van der Waals surface area contributed by atoms with Gasteiger partial charge in [-0.3, -0.25) is 14.2 Å². The number of hydrogen-bond donors (Lipinski definition) is 2. The monoisotopic (exact) mass is 580 g/mol. The Morgan fingerprint density at radius 3 is 2.52 bits per heavy atom. The fraction of sp³-hybridized carbons (Fsp3) is 0.267. The molecule has 40 heavy (non-hydrogen) atoms. The zero-order valence-corrected chi connectivity index (χ0v) is 24.2. The third kappa shape index (κ3) is 6.46.